The van der Waals surface area contributed by atoms with Crippen LogP contribution in [0.3, 0.4) is 0 Å². The number of pyridine rings is 1. The molecule has 0 saturated heterocycles. The van der Waals surface area contributed by atoms with Crippen molar-refractivity contribution >= 4 is 32.5 Å². The Bertz CT molecular complexity index is 1300. The number of benzene rings is 2. The minimum Gasteiger partial charge on any atom is -0.360 e. The second-order valence-corrected chi connectivity index (χ2v) is 8.73. The van der Waals surface area contributed by atoms with Crippen molar-refractivity contribution in [3.63, 3.8) is 0 Å². The molecule has 7 nitrogen and oxygen atoms in total. The maximum absolute atomic E-state index is 13.1. The molecule has 0 spiro atoms. The van der Waals surface area contributed by atoms with Crippen molar-refractivity contribution in [2.24, 2.45) is 0 Å². The Labute approximate surface area is 175 Å². The highest BCUT2D eigenvalue weighted by atomic mass is 32.2. The summed E-state index contributed by atoms with van der Waals surface area (Å²) < 4.78 is 66.1. The van der Waals surface area contributed by atoms with Crippen LogP contribution in [-0.4, -0.2) is 25.4 Å². The van der Waals surface area contributed by atoms with Gasteiger partial charge in [-0.05, 0) is 50.2 Å². The van der Waals surface area contributed by atoms with E-state index in [4.69, 9.17) is 0 Å². The molecule has 1 heterocycles. The highest BCUT2D eigenvalue weighted by molar-refractivity contribution is 7.89. The Hall–Kier alpha value is -3.18. The standard InChI is InChI=1S/C20H18F3N3O4S/c1-11(2)26-31(29,30)13-8-6-12(7-9-13)25-19(28)15-10-24-17-14(18(15)27)4-3-5-16(17)20(21,22)23/h3-11,26H,1-2H3,(H,24,27)(H,25,28). The van der Waals surface area contributed by atoms with E-state index in [9.17, 15) is 31.2 Å². The Morgan fingerprint density at radius 1 is 1.06 bits per heavy atom. The molecule has 3 N–H and O–H groups in total. The van der Waals surface area contributed by atoms with E-state index < -0.39 is 38.6 Å². The van der Waals surface area contributed by atoms with Crippen molar-refractivity contribution in [2.75, 3.05) is 5.32 Å². The molecular formula is C20H18F3N3O4S. The number of amides is 1. The van der Waals surface area contributed by atoms with Gasteiger partial charge in [0, 0.05) is 23.3 Å². The van der Waals surface area contributed by atoms with Crippen LogP contribution in [0.2, 0.25) is 0 Å². The highest BCUT2D eigenvalue weighted by Gasteiger charge is 2.33. The normalized spacial score (nSPS) is 12.3. The molecule has 0 aliphatic carbocycles. The number of hydrogen-bond acceptors (Lipinski definition) is 4. The number of fused-ring (bicyclic) bond motifs is 1. The summed E-state index contributed by atoms with van der Waals surface area (Å²) in [7, 11) is -3.71. The van der Waals surface area contributed by atoms with Crippen LogP contribution in [0.25, 0.3) is 10.9 Å². The number of aromatic nitrogens is 1. The number of sulfonamides is 1. The van der Waals surface area contributed by atoms with Crippen molar-refractivity contribution in [1.29, 1.82) is 0 Å². The lowest BCUT2D eigenvalue weighted by Gasteiger charge is -2.12. The topological polar surface area (TPSA) is 108 Å². The summed E-state index contributed by atoms with van der Waals surface area (Å²) in [5.74, 6) is -0.850. The minimum absolute atomic E-state index is 0.0116. The number of H-pyrrole nitrogens is 1. The summed E-state index contributed by atoms with van der Waals surface area (Å²) in [5, 5.41) is 2.16. The number of carbonyl (C=O) groups excluding carboxylic acids is 1. The van der Waals surface area contributed by atoms with Crippen LogP contribution >= 0.6 is 0 Å². The molecule has 0 unspecified atom stereocenters. The molecule has 0 radical (unpaired) electrons. The van der Waals surface area contributed by atoms with Gasteiger partial charge in [-0.1, -0.05) is 6.07 Å². The molecule has 1 amide bonds. The molecule has 0 atom stereocenters. The largest absolute Gasteiger partial charge is 0.418 e. The second-order valence-electron chi connectivity index (χ2n) is 7.01. The van der Waals surface area contributed by atoms with Crippen molar-refractivity contribution in [2.45, 2.75) is 31.0 Å². The van der Waals surface area contributed by atoms with E-state index in [0.717, 1.165) is 18.3 Å². The smallest absolute Gasteiger partial charge is 0.360 e. The van der Waals surface area contributed by atoms with Gasteiger partial charge >= 0.3 is 6.18 Å². The maximum atomic E-state index is 13.1. The summed E-state index contributed by atoms with van der Waals surface area (Å²) >= 11 is 0. The summed E-state index contributed by atoms with van der Waals surface area (Å²) in [6, 6.07) is 8.05. The molecule has 164 valence electrons. The number of alkyl halides is 3. The Morgan fingerprint density at radius 3 is 2.29 bits per heavy atom. The zero-order chi connectivity index (χ0) is 23.0. The second kappa shape index (κ2) is 8.16. The third-order valence-corrected chi connectivity index (χ3v) is 5.95. The van der Waals surface area contributed by atoms with E-state index in [0.29, 0.717) is 0 Å². The van der Waals surface area contributed by atoms with E-state index in [-0.39, 0.29) is 27.6 Å². The van der Waals surface area contributed by atoms with E-state index in [1.165, 1.54) is 30.3 Å². The summed E-state index contributed by atoms with van der Waals surface area (Å²) in [6.07, 6.45) is -3.75. The van der Waals surface area contributed by atoms with Gasteiger partial charge in [0.15, 0.2) is 0 Å². The fourth-order valence-electron chi connectivity index (χ4n) is 2.95. The quantitative estimate of drug-likeness (QED) is 0.550. The SMILES string of the molecule is CC(C)NS(=O)(=O)c1ccc(NC(=O)c2c[nH]c3c(C(F)(F)F)cccc3c2=O)cc1. The zero-order valence-corrected chi connectivity index (χ0v) is 17.2. The van der Waals surface area contributed by atoms with Gasteiger partial charge in [-0.15, -0.1) is 0 Å². The fraction of sp³-hybridized carbons (Fsp3) is 0.200. The lowest BCUT2D eigenvalue weighted by Crippen LogP contribution is -2.30. The summed E-state index contributed by atoms with van der Waals surface area (Å²) in [6.45, 7) is 3.34. The third-order valence-electron chi connectivity index (χ3n) is 4.28. The number of anilines is 1. The third kappa shape index (κ3) is 4.78. The maximum Gasteiger partial charge on any atom is 0.418 e. The molecule has 0 fully saturated rings. The average molecular weight is 453 g/mol. The van der Waals surface area contributed by atoms with E-state index in [2.05, 4.69) is 15.0 Å². The number of aromatic amines is 1. The van der Waals surface area contributed by atoms with Crippen LogP contribution in [-0.2, 0) is 16.2 Å². The van der Waals surface area contributed by atoms with Gasteiger partial charge in [0.1, 0.15) is 5.56 Å². The van der Waals surface area contributed by atoms with Crippen LogP contribution in [0.1, 0.15) is 29.8 Å². The van der Waals surface area contributed by atoms with E-state index in [1.54, 1.807) is 13.8 Å². The Balaban J connectivity index is 1.89. The van der Waals surface area contributed by atoms with Crippen LogP contribution in [0.5, 0.6) is 0 Å². The van der Waals surface area contributed by atoms with Crippen LogP contribution in [0.15, 0.2) is 58.4 Å². The first-order valence-electron chi connectivity index (χ1n) is 9.05. The monoisotopic (exact) mass is 453 g/mol. The first-order chi connectivity index (χ1) is 14.4. The number of nitrogens with one attached hydrogen (secondary N) is 3. The van der Waals surface area contributed by atoms with Gasteiger partial charge in [-0.2, -0.15) is 13.2 Å². The molecule has 0 saturated carbocycles. The molecule has 31 heavy (non-hydrogen) atoms. The predicted molar refractivity (Wildman–Crippen MR) is 109 cm³/mol. The summed E-state index contributed by atoms with van der Waals surface area (Å²) in [4.78, 5) is 27.5. The van der Waals surface area contributed by atoms with Crippen LogP contribution in [0.4, 0.5) is 18.9 Å². The fourth-order valence-corrected chi connectivity index (χ4v) is 4.20. The minimum atomic E-state index is -4.67. The van der Waals surface area contributed by atoms with Gasteiger partial charge in [0.25, 0.3) is 5.91 Å². The average Bonchev–Trinajstić information content (AvgIpc) is 2.66. The first kappa shape index (κ1) is 22.5. The number of halogens is 3. The molecule has 2 aromatic carbocycles. The molecule has 0 aliphatic rings. The number of para-hydroxylation sites is 1. The molecule has 3 rings (SSSR count). The summed E-state index contributed by atoms with van der Waals surface area (Å²) in [5.41, 5.74) is -2.47. The number of rotatable bonds is 5. The van der Waals surface area contributed by atoms with Gasteiger partial charge in [-0.25, -0.2) is 13.1 Å². The lowest BCUT2D eigenvalue weighted by molar-refractivity contribution is -0.136. The van der Waals surface area contributed by atoms with Crippen molar-refractivity contribution in [3.05, 3.63) is 70.0 Å². The van der Waals surface area contributed by atoms with Crippen molar-refractivity contribution < 1.29 is 26.4 Å². The number of carbonyl (C=O) groups is 1. The Morgan fingerprint density at radius 2 is 1.71 bits per heavy atom. The van der Waals surface area contributed by atoms with Crippen LogP contribution < -0.4 is 15.5 Å². The first-order valence-corrected chi connectivity index (χ1v) is 10.5. The molecule has 3 aromatic rings. The van der Waals surface area contributed by atoms with Crippen molar-refractivity contribution in [1.82, 2.24) is 9.71 Å². The zero-order valence-electron chi connectivity index (χ0n) is 16.4. The van der Waals surface area contributed by atoms with Crippen molar-refractivity contribution in [3.8, 4) is 0 Å². The molecule has 0 aliphatic heterocycles. The van der Waals surface area contributed by atoms with E-state index in [1.807, 2.05) is 0 Å². The van der Waals surface area contributed by atoms with Gasteiger partial charge in [-0.3, -0.25) is 9.59 Å². The Kier molecular flexibility index (Phi) is 5.92. The highest BCUT2D eigenvalue weighted by Crippen LogP contribution is 2.33. The van der Waals surface area contributed by atoms with Gasteiger partial charge in [0.05, 0.1) is 16.0 Å². The molecule has 11 heteroatoms. The van der Waals surface area contributed by atoms with Gasteiger partial charge < -0.3 is 10.3 Å². The lowest BCUT2D eigenvalue weighted by atomic mass is 10.1. The van der Waals surface area contributed by atoms with Crippen LogP contribution in [0, 0.1) is 0 Å². The van der Waals surface area contributed by atoms with E-state index >= 15 is 0 Å². The molecular weight excluding hydrogens is 435 g/mol. The molecule has 1 aromatic heterocycles. The molecule has 0 bridgehead atoms. The predicted octanol–water partition coefficient (Wildman–Crippen LogP) is 3.49. The van der Waals surface area contributed by atoms with Gasteiger partial charge in [0.2, 0.25) is 15.5 Å². The number of hydrogen-bond donors (Lipinski definition) is 3.